The van der Waals surface area contributed by atoms with Gasteiger partial charge in [0.05, 0.1) is 16.3 Å². The van der Waals surface area contributed by atoms with Gasteiger partial charge in [0, 0.05) is 18.3 Å². The molecule has 1 aromatic heterocycles. The number of amides is 1. The van der Waals surface area contributed by atoms with E-state index in [1.54, 1.807) is 12.1 Å². The van der Waals surface area contributed by atoms with Crippen LogP contribution in [-0.4, -0.2) is 17.9 Å². The van der Waals surface area contributed by atoms with Gasteiger partial charge in [-0.2, -0.15) is 0 Å². The number of nitrogens with zero attached hydrogens (tertiary/aromatic N) is 1. The smallest absolute Gasteiger partial charge is 0.258 e. The van der Waals surface area contributed by atoms with Crippen LogP contribution in [0.1, 0.15) is 10.4 Å². The average Bonchev–Trinajstić information content (AvgIpc) is 2.43. The number of carbonyl (C=O) groups is 1. The Kier molecular flexibility index (Phi) is 4.42. The minimum absolute atomic E-state index is 0.00478. The van der Waals surface area contributed by atoms with Crippen LogP contribution in [-0.2, 0) is 0 Å². The van der Waals surface area contributed by atoms with E-state index in [0.29, 0.717) is 15.7 Å². The topological polar surface area (TPSA) is 54.0 Å². The molecule has 0 aliphatic rings. The number of anilines is 2. The molecular weight excluding hydrogens is 304 g/mol. The van der Waals surface area contributed by atoms with Crippen LogP contribution in [0.15, 0.2) is 30.5 Å². The van der Waals surface area contributed by atoms with E-state index in [9.17, 15) is 9.18 Å². The molecule has 1 aromatic carbocycles. The van der Waals surface area contributed by atoms with Crippen LogP contribution in [0.5, 0.6) is 0 Å². The van der Waals surface area contributed by atoms with Crippen molar-refractivity contribution in [3.05, 3.63) is 51.9 Å². The van der Waals surface area contributed by atoms with E-state index in [4.69, 9.17) is 23.2 Å². The van der Waals surface area contributed by atoms with E-state index in [0.717, 1.165) is 0 Å². The molecular formula is C13H10Cl2FN3O. The maximum Gasteiger partial charge on any atom is 0.258 e. The van der Waals surface area contributed by atoms with Crippen LogP contribution in [0.3, 0.4) is 0 Å². The highest BCUT2D eigenvalue weighted by Crippen LogP contribution is 2.26. The minimum atomic E-state index is -0.731. The van der Waals surface area contributed by atoms with Gasteiger partial charge >= 0.3 is 0 Å². The summed E-state index contributed by atoms with van der Waals surface area (Å²) in [7, 11) is 1.51. The summed E-state index contributed by atoms with van der Waals surface area (Å²) in [5.41, 5.74) is 0.173. The number of rotatable bonds is 3. The maximum atomic E-state index is 14.0. The molecule has 0 aliphatic heterocycles. The molecule has 0 saturated heterocycles. The number of hydrogen-bond acceptors (Lipinski definition) is 3. The quantitative estimate of drug-likeness (QED) is 0.905. The van der Waals surface area contributed by atoms with Crippen molar-refractivity contribution in [2.45, 2.75) is 0 Å². The van der Waals surface area contributed by atoms with Crippen LogP contribution < -0.4 is 10.6 Å². The van der Waals surface area contributed by atoms with Crippen molar-refractivity contribution >= 4 is 40.6 Å². The van der Waals surface area contributed by atoms with Crippen LogP contribution in [0.2, 0.25) is 10.0 Å². The Bertz CT molecular complexity index is 664. The third kappa shape index (κ3) is 3.00. The summed E-state index contributed by atoms with van der Waals surface area (Å²) in [6.45, 7) is 0. The van der Waals surface area contributed by atoms with Gasteiger partial charge in [-0.25, -0.2) is 9.37 Å². The second-order valence-corrected chi connectivity index (χ2v) is 4.69. The molecule has 0 saturated carbocycles. The van der Waals surface area contributed by atoms with E-state index < -0.39 is 11.7 Å². The molecule has 0 atom stereocenters. The standard InChI is InChI=1S/C13H10Cl2FN3O/c1-17-12-11(16)8(4-5-18-12)13(20)19-10-6-7(14)2-3-9(10)15/h2-6H,1H3,(H,17,18)(H,19,20). The van der Waals surface area contributed by atoms with Crippen LogP contribution in [0.25, 0.3) is 0 Å². The second kappa shape index (κ2) is 6.07. The lowest BCUT2D eigenvalue weighted by Crippen LogP contribution is -2.15. The van der Waals surface area contributed by atoms with Gasteiger partial charge in [-0.3, -0.25) is 4.79 Å². The third-order valence-electron chi connectivity index (χ3n) is 2.55. The summed E-state index contributed by atoms with van der Waals surface area (Å²) in [5.74, 6) is -1.37. The third-order valence-corrected chi connectivity index (χ3v) is 3.11. The monoisotopic (exact) mass is 313 g/mol. The molecule has 0 radical (unpaired) electrons. The van der Waals surface area contributed by atoms with Crippen molar-refractivity contribution in [2.24, 2.45) is 0 Å². The molecule has 2 N–H and O–H groups in total. The van der Waals surface area contributed by atoms with Crippen LogP contribution in [0, 0.1) is 5.82 Å². The van der Waals surface area contributed by atoms with Gasteiger partial charge in [0.25, 0.3) is 5.91 Å². The SMILES string of the molecule is CNc1nccc(C(=O)Nc2cc(Cl)ccc2Cl)c1F. The van der Waals surface area contributed by atoms with Gasteiger partial charge in [0.1, 0.15) is 0 Å². The van der Waals surface area contributed by atoms with Gasteiger partial charge < -0.3 is 10.6 Å². The van der Waals surface area contributed by atoms with Crippen molar-refractivity contribution in [1.29, 1.82) is 0 Å². The Morgan fingerprint density at radius 1 is 1.30 bits per heavy atom. The molecule has 2 rings (SSSR count). The van der Waals surface area contributed by atoms with Crippen LogP contribution in [0.4, 0.5) is 15.9 Å². The van der Waals surface area contributed by atoms with Crippen LogP contribution >= 0.6 is 23.2 Å². The maximum absolute atomic E-state index is 14.0. The summed E-state index contributed by atoms with van der Waals surface area (Å²) in [6, 6.07) is 5.90. The van der Waals surface area contributed by atoms with E-state index in [-0.39, 0.29) is 11.4 Å². The number of aromatic nitrogens is 1. The van der Waals surface area contributed by atoms with E-state index in [1.807, 2.05) is 0 Å². The second-order valence-electron chi connectivity index (χ2n) is 3.85. The Labute approximate surface area is 124 Å². The van der Waals surface area contributed by atoms with E-state index in [2.05, 4.69) is 15.6 Å². The Morgan fingerprint density at radius 3 is 2.75 bits per heavy atom. The van der Waals surface area contributed by atoms with Crippen molar-refractivity contribution in [1.82, 2.24) is 4.98 Å². The zero-order valence-electron chi connectivity index (χ0n) is 10.4. The molecule has 2 aromatic rings. The highest BCUT2D eigenvalue weighted by atomic mass is 35.5. The molecule has 1 heterocycles. The molecule has 0 unspecified atom stereocenters. The summed E-state index contributed by atoms with van der Waals surface area (Å²) in [4.78, 5) is 15.8. The molecule has 0 spiro atoms. The van der Waals surface area contributed by atoms with E-state index in [1.165, 1.54) is 25.4 Å². The normalized spacial score (nSPS) is 10.2. The number of benzene rings is 1. The van der Waals surface area contributed by atoms with Gasteiger partial charge in [-0.1, -0.05) is 23.2 Å². The highest BCUT2D eigenvalue weighted by molar-refractivity contribution is 6.35. The summed E-state index contributed by atoms with van der Waals surface area (Å²) in [5, 5.41) is 5.79. The van der Waals surface area contributed by atoms with Gasteiger partial charge in [0.2, 0.25) is 0 Å². The fourth-order valence-corrected chi connectivity index (χ4v) is 1.91. The first kappa shape index (κ1) is 14.6. The summed E-state index contributed by atoms with van der Waals surface area (Å²) in [6.07, 6.45) is 1.34. The van der Waals surface area contributed by atoms with Gasteiger partial charge in [0.15, 0.2) is 11.6 Å². The molecule has 0 bridgehead atoms. The Balaban J connectivity index is 2.31. The largest absolute Gasteiger partial charge is 0.371 e. The van der Waals surface area contributed by atoms with Crippen molar-refractivity contribution in [2.75, 3.05) is 17.7 Å². The Hall–Kier alpha value is -1.85. The first-order valence-corrected chi connectivity index (χ1v) is 6.37. The number of hydrogen-bond donors (Lipinski definition) is 2. The van der Waals surface area contributed by atoms with Gasteiger partial charge in [-0.15, -0.1) is 0 Å². The van der Waals surface area contributed by atoms with Crippen molar-refractivity contribution in [3.8, 4) is 0 Å². The molecule has 104 valence electrons. The predicted octanol–water partition coefficient (Wildman–Crippen LogP) is 3.82. The molecule has 0 fully saturated rings. The lowest BCUT2D eigenvalue weighted by Gasteiger charge is -2.09. The number of pyridine rings is 1. The van der Waals surface area contributed by atoms with Crippen molar-refractivity contribution < 1.29 is 9.18 Å². The Morgan fingerprint density at radius 2 is 2.05 bits per heavy atom. The summed E-state index contributed by atoms with van der Waals surface area (Å²) < 4.78 is 14.0. The molecule has 7 heteroatoms. The van der Waals surface area contributed by atoms with E-state index >= 15 is 0 Å². The lowest BCUT2D eigenvalue weighted by atomic mass is 10.2. The zero-order valence-corrected chi connectivity index (χ0v) is 11.9. The summed E-state index contributed by atoms with van der Waals surface area (Å²) >= 11 is 11.8. The molecule has 20 heavy (non-hydrogen) atoms. The fraction of sp³-hybridized carbons (Fsp3) is 0.0769. The zero-order chi connectivity index (χ0) is 14.7. The number of carbonyl (C=O) groups excluding carboxylic acids is 1. The molecule has 1 amide bonds. The fourth-order valence-electron chi connectivity index (χ4n) is 1.58. The average molecular weight is 314 g/mol. The van der Waals surface area contributed by atoms with Gasteiger partial charge in [-0.05, 0) is 24.3 Å². The molecule has 4 nitrogen and oxygen atoms in total. The molecule has 0 aliphatic carbocycles. The lowest BCUT2D eigenvalue weighted by molar-refractivity contribution is 0.102. The first-order chi connectivity index (χ1) is 9.52. The number of nitrogens with one attached hydrogen (secondary N) is 2. The van der Waals surface area contributed by atoms with Crippen molar-refractivity contribution in [3.63, 3.8) is 0 Å². The highest BCUT2D eigenvalue weighted by Gasteiger charge is 2.16. The first-order valence-electron chi connectivity index (χ1n) is 5.61. The number of halogens is 3. The predicted molar refractivity (Wildman–Crippen MR) is 78.2 cm³/mol. The minimum Gasteiger partial charge on any atom is -0.371 e.